The number of aromatic nitrogens is 2. The highest BCUT2D eigenvalue weighted by molar-refractivity contribution is 7.17. The van der Waals surface area contributed by atoms with Crippen LogP contribution in [-0.2, 0) is 12.4 Å². The van der Waals surface area contributed by atoms with Crippen LogP contribution >= 0.6 is 34.3 Å². The Bertz CT molecular complexity index is 1720. The van der Waals surface area contributed by atoms with Gasteiger partial charge in [0.1, 0.15) is 17.8 Å². The van der Waals surface area contributed by atoms with Crippen molar-refractivity contribution in [1.82, 2.24) is 9.66 Å². The summed E-state index contributed by atoms with van der Waals surface area (Å²) in [5.74, 6) is 2.34. The van der Waals surface area contributed by atoms with Crippen molar-refractivity contribution < 1.29 is 9.47 Å². The summed E-state index contributed by atoms with van der Waals surface area (Å²) in [5.41, 5.74) is 4.07. The van der Waals surface area contributed by atoms with Gasteiger partial charge < -0.3 is 9.47 Å². The molecule has 0 aliphatic rings. The summed E-state index contributed by atoms with van der Waals surface area (Å²) in [6.45, 7) is 0.689. The van der Waals surface area contributed by atoms with Crippen molar-refractivity contribution in [2.24, 2.45) is 0 Å². The number of anilines is 1. The molecule has 3 aromatic heterocycles. The molecule has 0 saturated heterocycles. The number of hydrogen-bond acceptors (Lipinski definition) is 7. The third kappa shape index (κ3) is 5.86. The summed E-state index contributed by atoms with van der Waals surface area (Å²) in [6.07, 6.45) is 5.44. The predicted molar refractivity (Wildman–Crippen MR) is 161 cm³/mol. The van der Waals surface area contributed by atoms with Crippen molar-refractivity contribution in [3.05, 3.63) is 107 Å². The number of benzene rings is 3. The quantitative estimate of drug-likeness (QED) is 0.181. The van der Waals surface area contributed by atoms with Crippen LogP contribution in [0.15, 0.2) is 90.1 Å². The van der Waals surface area contributed by atoms with E-state index in [1.807, 2.05) is 53.3 Å². The fourth-order valence-corrected chi connectivity index (χ4v) is 6.46. The summed E-state index contributed by atoms with van der Waals surface area (Å²) in [4.78, 5) is 4.17. The molecule has 0 amide bonds. The molecule has 0 aliphatic carbocycles. The van der Waals surface area contributed by atoms with Gasteiger partial charge in [0.25, 0.3) is 0 Å². The molecule has 6 rings (SSSR count). The smallest absolute Gasteiger partial charge is 0.120 e. The molecule has 0 unspecified atom stereocenters. The van der Waals surface area contributed by atoms with E-state index in [1.165, 1.54) is 31.3 Å². The van der Waals surface area contributed by atoms with Crippen LogP contribution < -0.4 is 14.5 Å². The molecule has 0 atom stereocenters. The highest BCUT2D eigenvalue weighted by Crippen LogP contribution is 2.32. The lowest BCUT2D eigenvalue weighted by Crippen LogP contribution is -2.27. The summed E-state index contributed by atoms with van der Waals surface area (Å²) in [5, 5.41) is 17.9. The summed E-state index contributed by atoms with van der Waals surface area (Å²) >= 11 is 9.21. The zero-order valence-corrected chi connectivity index (χ0v) is 23.8. The van der Waals surface area contributed by atoms with Crippen LogP contribution in [0.25, 0.3) is 20.2 Å². The minimum absolute atomic E-state index is 0.576. The second-order valence-corrected chi connectivity index (χ2v) is 10.6. The number of methoxy groups -OCH3 is 2. The van der Waals surface area contributed by atoms with Crippen LogP contribution in [-0.4, -0.2) is 23.9 Å². The molecule has 39 heavy (non-hydrogen) atoms. The first-order valence-electron chi connectivity index (χ1n) is 12.0. The van der Waals surface area contributed by atoms with Gasteiger partial charge in [-0.2, -0.15) is 5.26 Å². The first-order chi connectivity index (χ1) is 19.1. The average molecular weight is 573 g/mol. The highest BCUT2D eigenvalue weighted by Gasteiger charge is 2.13. The van der Waals surface area contributed by atoms with E-state index in [2.05, 4.69) is 45.0 Å². The predicted octanol–water partition coefficient (Wildman–Crippen LogP) is 8.10. The van der Waals surface area contributed by atoms with Crippen LogP contribution in [0.4, 0.5) is 5.69 Å². The molecule has 0 radical (unpaired) electrons. The van der Waals surface area contributed by atoms with Crippen molar-refractivity contribution in [2.75, 3.05) is 19.2 Å². The van der Waals surface area contributed by atoms with E-state index in [-0.39, 0.29) is 0 Å². The standard InChI is InChI=1S/C20H16N4OS.C10H9ClOS/c1-25-18-6-7-19-16(13-26-20(19)10-18)12-24(23-9-8-22-14-23)17-4-2-15(11-21)3-5-17;1-12-8-2-3-9-7(5-11)6-13-10(9)4-8/h2-10,13-14H,12H2,1H3;2-4,6H,5H2,1H3. The second kappa shape index (κ2) is 12.2. The normalized spacial score (nSPS) is 10.6. The third-order valence-corrected chi connectivity index (χ3v) is 8.53. The summed E-state index contributed by atoms with van der Waals surface area (Å²) < 4.78 is 14.8. The first kappa shape index (κ1) is 26.6. The SMILES string of the molecule is COc1ccc2c(CCl)csc2c1.COc1ccc2c(CN(c3ccc(C#N)cc3)n3ccnc3)csc2c1. The van der Waals surface area contributed by atoms with Gasteiger partial charge in [0.2, 0.25) is 0 Å². The summed E-state index contributed by atoms with van der Waals surface area (Å²) in [7, 11) is 3.36. The Kier molecular flexibility index (Phi) is 8.33. The third-order valence-electron chi connectivity index (χ3n) is 6.25. The van der Waals surface area contributed by atoms with E-state index >= 15 is 0 Å². The number of rotatable bonds is 7. The van der Waals surface area contributed by atoms with Crippen LogP contribution in [0.5, 0.6) is 11.5 Å². The molecule has 0 aliphatic heterocycles. The van der Waals surface area contributed by atoms with Gasteiger partial charge in [-0.1, -0.05) is 0 Å². The first-order valence-corrected chi connectivity index (χ1v) is 14.3. The molecule has 196 valence electrons. The van der Waals surface area contributed by atoms with E-state index in [9.17, 15) is 0 Å². The molecule has 6 aromatic rings. The molecule has 0 spiro atoms. The monoisotopic (exact) mass is 572 g/mol. The topological polar surface area (TPSA) is 63.3 Å². The molecule has 0 fully saturated rings. The van der Waals surface area contributed by atoms with Crippen molar-refractivity contribution >= 4 is 60.1 Å². The lowest BCUT2D eigenvalue weighted by molar-refractivity contribution is 0.415. The molecule has 0 N–H and O–H groups in total. The van der Waals surface area contributed by atoms with Gasteiger partial charge in [0.05, 0.1) is 38.1 Å². The van der Waals surface area contributed by atoms with Crippen molar-refractivity contribution in [2.45, 2.75) is 12.4 Å². The van der Waals surface area contributed by atoms with Gasteiger partial charge in [-0.25, -0.2) is 9.66 Å². The van der Waals surface area contributed by atoms with E-state index in [0.717, 1.165) is 17.2 Å². The lowest BCUT2D eigenvalue weighted by atomic mass is 10.1. The van der Waals surface area contributed by atoms with Gasteiger partial charge in [0.15, 0.2) is 0 Å². The summed E-state index contributed by atoms with van der Waals surface area (Å²) in [6, 6.07) is 21.9. The van der Waals surface area contributed by atoms with Crippen LogP contribution in [0.2, 0.25) is 0 Å². The number of ether oxygens (including phenoxy) is 2. The fraction of sp³-hybridized carbons (Fsp3) is 0.133. The average Bonchev–Trinajstić information content (AvgIpc) is 3.76. The number of alkyl halides is 1. The minimum Gasteiger partial charge on any atom is -0.497 e. The number of nitriles is 1. The molecule has 0 bridgehead atoms. The Morgan fingerprint density at radius 1 is 0.897 bits per heavy atom. The Hall–Kier alpha value is -4.03. The van der Waals surface area contributed by atoms with Crippen LogP contribution in [0.3, 0.4) is 0 Å². The number of thiophene rings is 2. The van der Waals surface area contributed by atoms with Gasteiger partial charge in [-0.15, -0.1) is 34.3 Å². The molecule has 6 nitrogen and oxygen atoms in total. The molecular weight excluding hydrogens is 548 g/mol. The second-order valence-electron chi connectivity index (χ2n) is 8.54. The van der Waals surface area contributed by atoms with Crippen LogP contribution in [0.1, 0.15) is 16.7 Å². The maximum atomic E-state index is 9.03. The van der Waals surface area contributed by atoms with Crippen molar-refractivity contribution in [3.8, 4) is 17.6 Å². The van der Waals surface area contributed by atoms with E-state index in [4.69, 9.17) is 26.3 Å². The minimum atomic E-state index is 0.576. The molecule has 0 saturated carbocycles. The van der Waals surface area contributed by atoms with E-state index in [0.29, 0.717) is 18.0 Å². The number of halogens is 1. The number of hydrogen-bond donors (Lipinski definition) is 0. The van der Waals surface area contributed by atoms with E-state index in [1.54, 1.807) is 49.4 Å². The lowest BCUT2D eigenvalue weighted by Gasteiger charge is -2.25. The number of imidazole rings is 1. The van der Waals surface area contributed by atoms with Gasteiger partial charge in [0, 0.05) is 27.7 Å². The fourth-order valence-electron chi connectivity index (χ4n) is 4.18. The van der Waals surface area contributed by atoms with E-state index < -0.39 is 0 Å². The highest BCUT2D eigenvalue weighted by atomic mass is 35.5. The number of fused-ring (bicyclic) bond motifs is 2. The van der Waals surface area contributed by atoms with Crippen molar-refractivity contribution in [1.29, 1.82) is 5.26 Å². The zero-order valence-electron chi connectivity index (χ0n) is 21.4. The van der Waals surface area contributed by atoms with Crippen LogP contribution in [0, 0.1) is 11.3 Å². The molecule has 3 heterocycles. The molecule has 3 aromatic carbocycles. The Morgan fingerprint density at radius 3 is 2.05 bits per heavy atom. The van der Waals surface area contributed by atoms with Gasteiger partial charge in [-0.3, -0.25) is 5.01 Å². The maximum absolute atomic E-state index is 9.03. The van der Waals surface area contributed by atoms with Crippen molar-refractivity contribution in [3.63, 3.8) is 0 Å². The Labute approximate surface area is 239 Å². The Balaban J connectivity index is 0.000000198. The Morgan fingerprint density at radius 2 is 1.51 bits per heavy atom. The zero-order chi connectivity index (χ0) is 27.2. The molecular formula is C30H25ClN4O2S2. The molecule has 9 heteroatoms. The largest absolute Gasteiger partial charge is 0.497 e. The van der Waals surface area contributed by atoms with Gasteiger partial charge in [-0.05, 0) is 93.3 Å². The van der Waals surface area contributed by atoms with Gasteiger partial charge >= 0.3 is 0 Å². The number of nitrogens with zero attached hydrogens (tertiary/aromatic N) is 4. The maximum Gasteiger partial charge on any atom is 0.120 e.